The first kappa shape index (κ1) is 26.2. The van der Waals surface area contributed by atoms with Crippen LogP contribution in [0.3, 0.4) is 0 Å². The summed E-state index contributed by atoms with van der Waals surface area (Å²) in [5.74, 6) is 0. The largest absolute Gasteiger partial charge is 0.0713 e. The molecule has 0 bridgehead atoms. The van der Waals surface area contributed by atoms with Gasteiger partial charge in [0.05, 0.1) is 5.41 Å². The normalized spacial score (nSPS) is 12.8. The fraction of sp³-hybridized carbons (Fsp3) is 0.0455. The van der Waals surface area contributed by atoms with Crippen LogP contribution in [0.5, 0.6) is 0 Å². The topological polar surface area (TPSA) is 0 Å². The number of rotatable bonds is 6. The van der Waals surface area contributed by atoms with Crippen molar-refractivity contribution in [2.45, 2.75) is 11.8 Å². The minimum Gasteiger partial charge on any atom is -0.0622 e. The Hall–Kier alpha value is -5.46. The molecule has 0 amide bonds. The van der Waals surface area contributed by atoms with E-state index in [2.05, 4.69) is 182 Å². The molecule has 0 saturated heterocycles. The van der Waals surface area contributed by atoms with Crippen LogP contribution in [0.2, 0.25) is 0 Å². The summed E-state index contributed by atoms with van der Waals surface area (Å²) in [7, 11) is 0. The van der Waals surface area contributed by atoms with E-state index in [1.165, 1.54) is 66.8 Å². The zero-order valence-electron chi connectivity index (χ0n) is 24.5. The van der Waals surface area contributed by atoms with Gasteiger partial charge < -0.3 is 0 Å². The average molecular weight is 561 g/mol. The van der Waals surface area contributed by atoms with Crippen molar-refractivity contribution >= 4 is 0 Å². The molecule has 8 rings (SSSR count). The molecule has 0 aromatic heterocycles. The van der Waals surface area contributed by atoms with Gasteiger partial charge in [0.15, 0.2) is 0 Å². The van der Waals surface area contributed by atoms with Crippen molar-refractivity contribution in [1.29, 1.82) is 0 Å². The van der Waals surface area contributed by atoms with Gasteiger partial charge >= 0.3 is 0 Å². The maximum Gasteiger partial charge on any atom is 0.0713 e. The second kappa shape index (κ2) is 11.0. The van der Waals surface area contributed by atoms with Gasteiger partial charge in [-0.15, -0.1) is 0 Å². The maximum atomic E-state index is 2.37. The molecule has 7 aromatic carbocycles. The van der Waals surface area contributed by atoms with Crippen molar-refractivity contribution in [2.24, 2.45) is 0 Å². The van der Waals surface area contributed by atoms with Gasteiger partial charge in [-0.1, -0.05) is 176 Å². The summed E-state index contributed by atoms with van der Waals surface area (Å²) in [6.07, 6.45) is 0.844. The van der Waals surface area contributed by atoms with Gasteiger partial charge in [0.1, 0.15) is 0 Å². The molecule has 0 aliphatic heterocycles. The molecule has 0 heteroatoms. The third-order valence-electron chi connectivity index (χ3n) is 9.25. The second-order valence-corrected chi connectivity index (χ2v) is 11.6. The minimum atomic E-state index is -0.385. The minimum absolute atomic E-state index is 0.385. The first-order valence-corrected chi connectivity index (χ1v) is 15.4. The first-order chi connectivity index (χ1) is 21.8. The summed E-state index contributed by atoms with van der Waals surface area (Å²) >= 11 is 0. The van der Waals surface area contributed by atoms with Gasteiger partial charge in [0, 0.05) is 0 Å². The van der Waals surface area contributed by atoms with E-state index in [1.54, 1.807) is 0 Å². The van der Waals surface area contributed by atoms with E-state index in [0.29, 0.717) is 0 Å². The van der Waals surface area contributed by atoms with Gasteiger partial charge in [-0.05, 0) is 79.2 Å². The van der Waals surface area contributed by atoms with Crippen LogP contribution in [0.4, 0.5) is 0 Å². The zero-order chi connectivity index (χ0) is 29.3. The fourth-order valence-corrected chi connectivity index (χ4v) is 7.35. The van der Waals surface area contributed by atoms with Crippen molar-refractivity contribution in [3.63, 3.8) is 0 Å². The van der Waals surface area contributed by atoms with Crippen LogP contribution in [-0.2, 0) is 11.8 Å². The van der Waals surface area contributed by atoms with Crippen LogP contribution in [0.15, 0.2) is 182 Å². The SMILES string of the molecule is c1ccc(-c2ccc(Cc3cccc4c3-c3ccccc3C4(c3ccccc3)c3ccccc3)c(-c3ccccc3)c2)cc1. The van der Waals surface area contributed by atoms with Crippen molar-refractivity contribution in [3.05, 3.63) is 215 Å². The molecular weight excluding hydrogens is 528 g/mol. The molecule has 0 spiro atoms. The Morgan fingerprint density at radius 3 is 1.55 bits per heavy atom. The Labute approximate surface area is 259 Å². The molecule has 0 fully saturated rings. The Morgan fingerprint density at radius 2 is 0.886 bits per heavy atom. The number of benzene rings is 7. The zero-order valence-corrected chi connectivity index (χ0v) is 24.5. The van der Waals surface area contributed by atoms with E-state index in [0.717, 1.165) is 6.42 Å². The van der Waals surface area contributed by atoms with Crippen molar-refractivity contribution in [1.82, 2.24) is 0 Å². The Morgan fingerprint density at radius 1 is 0.341 bits per heavy atom. The highest BCUT2D eigenvalue weighted by Gasteiger charge is 2.46. The van der Waals surface area contributed by atoms with E-state index < -0.39 is 0 Å². The van der Waals surface area contributed by atoms with Crippen molar-refractivity contribution in [2.75, 3.05) is 0 Å². The highest BCUT2D eigenvalue weighted by atomic mass is 14.5. The van der Waals surface area contributed by atoms with Crippen molar-refractivity contribution in [3.8, 4) is 33.4 Å². The molecular formula is C44H32. The molecule has 0 N–H and O–H groups in total. The first-order valence-electron chi connectivity index (χ1n) is 15.4. The highest BCUT2D eigenvalue weighted by molar-refractivity contribution is 5.88. The molecule has 0 unspecified atom stereocenters. The summed E-state index contributed by atoms with van der Waals surface area (Å²) < 4.78 is 0. The average Bonchev–Trinajstić information content (AvgIpc) is 3.42. The predicted octanol–water partition coefficient (Wildman–Crippen LogP) is 11.0. The lowest BCUT2D eigenvalue weighted by Gasteiger charge is -2.34. The Kier molecular flexibility index (Phi) is 6.54. The number of hydrogen-bond donors (Lipinski definition) is 0. The van der Waals surface area contributed by atoms with E-state index in [9.17, 15) is 0 Å². The van der Waals surface area contributed by atoms with E-state index >= 15 is 0 Å². The number of hydrogen-bond acceptors (Lipinski definition) is 0. The summed E-state index contributed by atoms with van der Waals surface area (Å²) in [6, 6.07) is 66.6. The molecule has 0 atom stereocenters. The van der Waals surface area contributed by atoms with Crippen molar-refractivity contribution < 1.29 is 0 Å². The van der Waals surface area contributed by atoms with E-state index in [4.69, 9.17) is 0 Å². The molecule has 1 aliphatic carbocycles. The van der Waals surface area contributed by atoms with E-state index in [-0.39, 0.29) is 5.41 Å². The Balaban J connectivity index is 1.35. The summed E-state index contributed by atoms with van der Waals surface area (Å²) in [4.78, 5) is 0. The van der Waals surface area contributed by atoms with Crippen LogP contribution in [0.1, 0.15) is 33.4 Å². The van der Waals surface area contributed by atoms with Crippen LogP contribution >= 0.6 is 0 Å². The molecule has 0 radical (unpaired) electrons. The molecule has 208 valence electrons. The smallest absolute Gasteiger partial charge is 0.0622 e. The molecule has 0 nitrogen and oxygen atoms in total. The quantitative estimate of drug-likeness (QED) is 0.190. The number of fused-ring (bicyclic) bond motifs is 3. The Bertz CT molecular complexity index is 2020. The maximum absolute atomic E-state index is 2.37. The third-order valence-corrected chi connectivity index (χ3v) is 9.25. The highest BCUT2D eigenvalue weighted by Crippen LogP contribution is 2.57. The second-order valence-electron chi connectivity index (χ2n) is 11.6. The third kappa shape index (κ3) is 4.22. The van der Waals surface area contributed by atoms with Crippen LogP contribution in [-0.4, -0.2) is 0 Å². The molecule has 1 aliphatic rings. The molecule has 44 heavy (non-hydrogen) atoms. The van der Waals surface area contributed by atoms with Crippen LogP contribution in [0, 0.1) is 0 Å². The summed E-state index contributed by atoms with van der Waals surface area (Å²) in [5.41, 5.74) is 15.3. The lowest BCUT2D eigenvalue weighted by atomic mass is 9.67. The van der Waals surface area contributed by atoms with Gasteiger partial charge in [0.2, 0.25) is 0 Å². The van der Waals surface area contributed by atoms with E-state index in [1.807, 2.05) is 0 Å². The summed E-state index contributed by atoms with van der Waals surface area (Å²) in [5, 5.41) is 0. The standard InChI is InChI=1S/C44H32/c1-5-16-32(17-6-1)34-28-29-35(40(31-34)33-18-7-2-8-19-33)30-36-20-15-27-42-43(36)39-25-13-14-26-41(39)44(42,37-21-9-3-10-22-37)38-23-11-4-12-24-38/h1-29,31H,30H2. The fourth-order valence-electron chi connectivity index (χ4n) is 7.35. The lowest BCUT2D eigenvalue weighted by molar-refractivity contribution is 0.768. The molecule has 0 heterocycles. The van der Waals surface area contributed by atoms with Gasteiger partial charge in [-0.3, -0.25) is 0 Å². The lowest BCUT2D eigenvalue weighted by Crippen LogP contribution is -2.28. The van der Waals surface area contributed by atoms with Crippen LogP contribution < -0.4 is 0 Å². The molecule has 0 saturated carbocycles. The van der Waals surface area contributed by atoms with Gasteiger partial charge in [-0.2, -0.15) is 0 Å². The molecule has 7 aromatic rings. The van der Waals surface area contributed by atoms with Gasteiger partial charge in [0.25, 0.3) is 0 Å². The monoisotopic (exact) mass is 560 g/mol. The summed E-state index contributed by atoms with van der Waals surface area (Å²) in [6.45, 7) is 0. The van der Waals surface area contributed by atoms with Gasteiger partial charge in [-0.25, -0.2) is 0 Å². The predicted molar refractivity (Wildman–Crippen MR) is 184 cm³/mol. The van der Waals surface area contributed by atoms with Crippen LogP contribution in [0.25, 0.3) is 33.4 Å².